The van der Waals surface area contributed by atoms with Gasteiger partial charge in [0.05, 0.1) is 12.1 Å². The number of unbranched alkanes of at least 4 members (excludes halogenated alkanes) is 1. The van der Waals surface area contributed by atoms with Crippen molar-refractivity contribution < 1.29 is 27.0 Å². The van der Waals surface area contributed by atoms with Crippen LogP contribution < -0.4 is 15.4 Å². The van der Waals surface area contributed by atoms with Crippen molar-refractivity contribution >= 4 is 27.5 Å². The van der Waals surface area contributed by atoms with Crippen LogP contribution in [0.5, 0.6) is 5.75 Å². The smallest absolute Gasteiger partial charge is 0.403 e. The van der Waals surface area contributed by atoms with E-state index in [1.165, 1.54) is 6.07 Å². The van der Waals surface area contributed by atoms with Crippen molar-refractivity contribution in [1.29, 1.82) is 0 Å². The molecule has 4 aromatic rings. The summed E-state index contributed by atoms with van der Waals surface area (Å²) in [5.74, 6) is -1.08. The van der Waals surface area contributed by atoms with E-state index in [0.29, 0.717) is 38.4 Å². The number of pyridine rings is 2. The van der Waals surface area contributed by atoms with Crippen LogP contribution in [0, 0.1) is 5.82 Å². The molecular weight excluding hydrogens is 476 g/mol. The van der Waals surface area contributed by atoms with Crippen molar-refractivity contribution in [1.82, 2.24) is 15.3 Å². The molecule has 0 aliphatic heterocycles. The first-order valence-electron chi connectivity index (χ1n) is 11.6. The molecule has 2 N–H and O–H groups in total. The molecule has 0 saturated carbocycles. The number of benzene rings is 2. The number of anilines is 1. The van der Waals surface area contributed by atoms with E-state index in [4.69, 9.17) is 9.72 Å². The number of fused-ring (bicyclic) bond motifs is 3. The predicted molar refractivity (Wildman–Crippen MR) is 130 cm³/mol. The Morgan fingerprint density at radius 2 is 1.75 bits per heavy atom. The van der Waals surface area contributed by atoms with Gasteiger partial charge in [-0.25, -0.2) is 9.37 Å². The quantitative estimate of drug-likeness (QED) is 0.145. The largest absolute Gasteiger partial charge is 0.573 e. The molecule has 0 saturated heterocycles. The van der Waals surface area contributed by atoms with Gasteiger partial charge in [0.1, 0.15) is 5.82 Å². The Morgan fingerprint density at radius 1 is 0.889 bits per heavy atom. The number of ether oxygens (including phenoxy) is 2. The minimum Gasteiger partial charge on any atom is -0.403 e. The molecule has 36 heavy (non-hydrogen) atoms. The van der Waals surface area contributed by atoms with Gasteiger partial charge in [-0.05, 0) is 49.2 Å². The van der Waals surface area contributed by atoms with Gasteiger partial charge in [-0.15, -0.1) is 13.2 Å². The van der Waals surface area contributed by atoms with E-state index in [1.54, 1.807) is 6.20 Å². The molecule has 2 aromatic carbocycles. The fourth-order valence-corrected chi connectivity index (χ4v) is 3.82. The number of hydrogen-bond acceptors (Lipinski definition) is 6. The van der Waals surface area contributed by atoms with E-state index >= 15 is 0 Å². The van der Waals surface area contributed by atoms with E-state index in [9.17, 15) is 17.6 Å². The summed E-state index contributed by atoms with van der Waals surface area (Å²) in [7, 11) is 0. The highest BCUT2D eigenvalue weighted by atomic mass is 19.4. The Morgan fingerprint density at radius 3 is 2.58 bits per heavy atom. The first-order valence-corrected chi connectivity index (χ1v) is 11.6. The number of para-hydroxylation sites is 1. The molecule has 2 aromatic heterocycles. The fraction of sp³-hybridized carbons (Fsp3) is 0.308. The summed E-state index contributed by atoms with van der Waals surface area (Å²) in [6, 6.07) is 13.3. The molecule has 4 rings (SSSR count). The zero-order valence-electron chi connectivity index (χ0n) is 19.4. The Labute approximate surface area is 205 Å². The maximum Gasteiger partial charge on any atom is 0.573 e. The summed E-state index contributed by atoms with van der Waals surface area (Å²) in [5, 5.41) is 9.62. The van der Waals surface area contributed by atoms with Crippen molar-refractivity contribution in [3.05, 3.63) is 72.3 Å². The molecule has 10 heteroatoms. The van der Waals surface area contributed by atoms with Crippen LogP contribution in [0.3, 0.4) is 0 Å². The van der Waals surface area contributed by atoms with Gasteiger partial charge < -0.3 is 20.1 Å². The number of hydrogen-bond donors (Lipinski definition) is 2. The monoisotopic (exact) mass is 502 g/mol. The van der Waals surface area contributed by atoms with E-state index < -0.39 is 17.9 Å². The Bertz CT molecular complexity index is 1300. The molecule has 190 valence electrons. The second kappa shape index (κ2) is 12.0. The van der Waals surface area contributed by atoms with Gasteiger partial charge in [0.2, 0.25) is 0 Å². The van der Waals surface area contributed by atoms with Gasteiger partial charge in [0.25, 0.3) is 0 Å². The molecule has 0 aliphatic rings. The van der Waals surface area contributed by atoms with Gasteiger partial charge in [0.15, 0.2) is 11.6 Å². The van der Waals surface area contributed by atoms with E-state index in [1.807, 2.05) is 36.5 Å². The van der Waals surface area contributed by atoms with Crippen LogP contribution in [0.4, 0.5) is 23.4 Å². The van der Waals surface area contributed by atoms with Crippen LogP contribution in [0.25, 0.3) is 21.7 Å². The number of nitrogens with one attached hydrogen (secondary N) is 2. The van der Waals surface area contributed by atoms with Crippen LogP contribution in [-0.4, -0.2) is 42.6 Å². The first kappa shape index (κ1) is 25.6. The number of nitrogens with zero attached hydrogens (tertiary/aromatic N) is 2. The highest BCUT2D eigenvalue weighted by Crippen LogP contribution is 2.28. The molecule has 6 nitrogen and oxygen atoms in total. The lowest BCUT2D eigenvalue weighted by Crippen LogP contribution is -2.18. The molecule has 0 aliphatic carbocycles. The summed E-state index contributed by atoms with van der Waals surface area (Å²) in [5.41, 5.74) is 1.44. The molecule has 0 radical (unpaired) electrons. The van der Waals surface area contributed by atoms with E-state index in [2.05, 4.69) is 20.4 Å². The number of halogens is 4. The maximum atomic E-state index is 13.7. The lowest BCUT2D eigenvalue weighted by Gasteiger charge is -2.12. The van der Waals surface area contributed by atoms with Gasteiger partial charge in [-0.2, -0.15) is 0 Å². The standard InChI is InChI=1S/C26H26F4N4O2/c27-22-15-18(7-8-24(22)36-26(28,29)30)16-31-10-3-4-13-35-14-12-33-25-20-9-11-32-17-21(20)19-5-1-2-6-23(19)34-25/h1-2,5-9,11,15,17,31H,3-4,10,12-14,16H2,(H,33,34). The molecule has 0 bridgehead atoms. The minimum absolute atomic E-state index is 0.343. The maximum absolute atomic E-state index is 13.7. The van der Waals surface area contributed by atoms with Crippen LogP contribution in [0.2, 0.25) is 0 Å². The molecular formula is C26H26F4N4O2. The predicted octanol–water partition coefficient (Wildman–Crippen LogP) is 5.82. The topological polar surface area (TPSA) is 68.3 Å². The van der Waals surface area contributed by atoms with Crippen LogP contribution in [0.15, 0.2) is 60.9 Å². The molecule has 2 heterocycles. The average molecular weight is 503 g/mol. The van der Waals surface area contributed by atoms with Gasteiger partial charge >= 0.3 is 6.36 Å². The molecule has 0 atom stereocenters. The van der Waals surface area contributed by atoms with E-state index in [-0.39, 0.29) is 0 Å². The summed E-state index contributed by atoms with van der Waals surface area (Å²) < 4.78 is 59.7. The van der Waals surface area contributed by atoms with Gasteiger partial charge in [0, 0.05) is 48.2 Å². The summed E-state index contributed by atoms with van der Waals surface area (Å²) in [4.78, 5) is 8.99. The summed E-state index contributed by atoms with van der Waals surface area (Å²) in [6.07, 6.45) is 0.362. The van der Waals surface area contributed by atoms with Crippen LogP contribution in [0.1, 0.15) is 18.4 Å². The van der Waals surface area contributed by atoms with Crippen molar-refractivity contribution in [2.75, 3.05) is 31.6 Å². The summed E-state index contributed by atoms with van der Waals surface area (Å²) >= 11 is 0. The molecule has 0 spiro atoms. The fourth-order valence-electron chi connectivity index (χ4n) is 3.82. The van der Waals surface area contributed by atoms with Gasteiger partial charge in [-0.3, -0.25) is 4.98 Å². The Hall–Kier alpha value is -3.50. The molecule has 0 fully saturated rings. The Balaban J connectivity index is 1.12. The Kier molecular flexibility index (Phi) is 8.50. The van der Waals surface area contributed by atoms with Crippen molar-refractivity contribution in [3.8, 4) is 5.75 Å². The molecule has 0 unspecified atom stereocenters. The van der Waals surface area contributed by atoms with Crippen molar-refractivity contribution in [3.63, 3.8) is 0 Å². The van der Waals surface area contributed by atoms with Crippen LogP contribution >= 0.6 is 0 Å². The summed E-state index contributed by atoms with van der Waals surface area (Å²) in [6.45, 7) is 2.75. The lowest BCUT2D eigenvalue weighted by molar-refractivity contribution is -0.275. The second-order valence-corrected chi connectivity index (χ2v) is 8.13. The lowest BCUT2D eigenvalue weighted by atomic mass is 10.1. The zero-order chi connectivity index (χ0) is 25.4. The zero-order valence-corrected chi connectivity index (χ0v) is 19.4. The van der Waals surface area contributed by atoms with Crippen molar-refractivity contribution in [2.45, 2.75) is 25.7 Å². The third-order valence-corrected chi connectivity index (χ3v) is 5.48. The highest BCUT2D eigenvalue weighted by Gasteiger charge is 2.32. The van der Waals surface area contributed by atoms with E-state index in [0.717, 1.165) is 52.5 Å². The van der Waals surface area contributed by atoms with Gasteiger partial charge in [-0.1, -0.05) is 24.3 Å². The van der Waals surface area contributed by atoms with Crippen molar-refractivity contribution in [2.24, 2.45) is 0 Å². The normalized spacial score (nSPS) is 11.8. The number of aromatic nitrogens is 2. The molecule has 0 amide bonds. The SMILES string of the molecule is Fc1cc(CNCCCCOCCNc2nc3ccccc3c3cnccc23)ccc1OC(F)(F)F. The number of rotatable bonds is 12. The van der Waals surface area contributed by atoms with Crippen LogP contribution in [-0.2, 0) is 11.3 Å². The number of alkyl halides is 3. The second-order valence-electron chi connectivity index (χ2n) is 8.13. The third-order valence-electron chi connectivity index (χ3n) is 5.48. The average Bonchev–Trinajstić information content (AvgIpc) is 2.86. The highest BCUT2D eigenvalue weighted by molar-refractivity contribution is 6.09. The minimum atomic E-state index is -4.92. The third kappa shape index (κ3) is 7.02. The first-order chi connectivity index (χ1) is 17.4.